The van der Waals surface area contributed by atoms with Gasteiger partial charge in [0.15, 0.2) is 0 Å². The van der Waals surface area contributed by atoms with E-state index in [1.807, 2.05) is 60.1 Å². The van der Waals surface area contributed by atoms with E-state index < -0.39 is 0 Å². The standard InChI is InChI=1S/C18H14N4OS/c1-12-14-11-15(17(23)20-16-9-5-6-10-19-16)24-18(14)22(21-12)13-7-3-2-4-8-13/h2-11H,1H3,(H,19,20,23). The van der Waals surface area contributed by atoms with Crippen molar-refractivity contribution < 1.29 is 4.79 Å². The van der Waals surface area contributed by atoms with Gasteiger partial charge in [-0.25, -0.2) is 9.67 Å². The van der Waals surface area contributed by atoms with Crippen molar-refractivity contribution in [2.45, 2.75) is 6.92 Å². The number of pyridine rings is 1. The summed E-state index contributed by atoms with van der Waals surface area (Å²) in [4.78, 5) is 18.2. The lowest BCUT2D eigenvalue weighted by atomic mass is 10.3. The molecule has 0 unspecified atom stereocenters. The maximum Gasteiger partial charge on any atom is 0.266 e. The van der Waals surface area contributed by atoms with Crippen molar-refractivity contribution in [3.8, 4) is 5.69 Å². The topological polar surface area (TPSA) is 59.8 Å². The Labute approximate surface area is 142 Å². The second kappa shape index (κ2) is 5.90. The van der Waals surface area contributed by atoms with E-state index in [-0.39, 0.29) is 5.91 Å². The molecule has 3 heterocycles. The van der Waals surface area contributed by atoms with E-state index in [4.69, 9.17) is 0 Å². The lowest BCUT2D eigenvalue weighted by molar-refractivity contribution is 0.103. The number of anilines is 1. The number of benzene rings is 1. The smallest absolute Gasteiger partial charge is 0.266 e. The van der Waals surface area contributed by atoms with E-state index in [1.54, 1.807) is 12.3 Å². The van der Waals surface area contributed by atoms with Crippen LogP contribution in [0.3, 0.4) is 0 Å². The maximum absolute atomic E-state index is 12.5. The van der Waals surface area contributed by atoms with Crippen molar-refractivity contribution in [1.82, 2.24) is 14.8 Å². The number of rotatable bonds is 3. The van der Waals surface area contributed by atoms with Crippen LogP contribution in [0, 0.1) is 6.92 Å². The fourth-order valence-corrected chi connectivity index (χ4v) is 3.60. The number of hydrogen-bond acceptors (Lipinski definition) is 4. The van der Waals surface area contributed by atoms with E-state index >= 15 is 0 Å². The zero-order valence-electron chi connectivity index (χ0n) is 12.9. The number of thiophene rings is 1. The molecule has 0 saturated heterocycles. The Hall–Kier alpha value is -2.99. The van der Waals surface area contributed by atoms with E-state index in [9.17, 15) is 4.79 Å². The lowest BCUT2D eigenvalue weighted by Gasteiger charge is -2.02. The van der Waals surface area contributed by atoms with Gasteiger partial charge in [-0.2, -0.15) is 5.10 Å². The van der Waals surface area contributed by atoms with Gasteiger partial charge in [-0.1, -0.05) is 24.3 Å². The molecule has 1 aromatic carbocycles. The van der Waals surface area contributed by atoms with Gasteiger partial charge in [0.05, 0.1) is 16.3 Å². The molecule has 4 rings (SSSR count). The second-order valence-corrected chi connectivity index (χ2v) is 6.36. The first-order valence-corrected chi connectivity index (χ1v) is 8.31. The molecule has 0 spiro atoms. The van der Waals surface area contributed by atoms with Crippen LogP contribution in [0.5, 0.6) is 0 Å². The second-order valence-electron chi connectivity index (χ2n) is 5.33. The summed E-state index contributed by atoms with van der Waals surface area (Å²) in [5.41, 5.74) is 1.89. The Bertz CT molecular complexity index is 1010. The number of nitrogens with zero attached hydrogens (tertiary/aromatic N) is 3. The molecular weight excluding hydrogens is 320 g/mol. The largest absolute Gasteiger partial charge is 0.306 e. The van der Waals surface area contributed by atoms with Crippen molar-refractivity contribution in [3.63, 3.8) is 0 Å². The highest BCUT2D eigenvalue weighted by Crippen LogP contribution is 2.30. The number of hydrogen-bond donors (Lipinski definition) is 1. The van der Waals surface area contributed by atoms with Crippen LogP contribution in [0.1, 0.15) is 15.4 Å². The van der Waals surface area contributed by atoms with Crippen LogP contribution in [0.15, 0.2) is 60.8 Å². The third kappa shape index (κ3) is 2.57. The molecule has 6 heteroatoms. The van der Waals surface area contributed by atoms with Crippen LogP contribution in [0.25, 0.3) is 15.9 Å². The van der Waals surface area contributed by atoms with Gasteiger partial charge in [-0.15, -0.1) is 11.3 Å². The molecule has 3 aromatic heterocycles. The van der Waals surface area contributed by atoms with Crippen LogP contribution in [0.4, 0.5) is 5.82 Å². The molecular formula is C18H14N4OS. The molecule has 0 fully saturated rings. The zero-order valence-corrected chi connectivity index (χ0v) is 13.7. The quantitative estimate of drug-likeness (QED) is 0.615. The SMILES string of the molecule is Cc1nn(-c2ccccc2)c2sc(C(=O)Nc3ccccn3)cc12. The molecule has 0 aliphatic heterocycles. The first-order chi connectivity index (χ1) is 11.7. The van der Waals surface area contributed by atoms with Gasteiger partial charge < -0.3 is 5.32 Å². The van der Waals surface area contributed by atoms with Crippen LogP contribution in [-0.4, -0.2) is 20.7 Å². The van der Waals surface area contributed by atoms with E-state index in [2.05, 4.69) is 15.4 Å². The Morgan fingerprint density at radius 2 is 1.92 bits per heavy atom. The van der Waals surface area contributed by atoms with Gasteiger partial charge in [0.2, 0.25) is 0 Å². The fraction of sp³-hybridized carbons (Fsp3) is 0.0556. The number of para-hydroxylation sites is 1. The highest BCUT2D eigenvalue weighted by molar-refractivity contribution is 7.20. The number of aryl methyl sites for hydroxylation is 1. The number of carbonyl (C=O) groups is 1. The molecule has 5 nitrogen and oxygen atoms in total. The molecule has 0 radical (unpaired) electrons. The highest BCUT2D eigenvalue weighted by Gasteiger charge is 2.17. The Balaban J connectivity index is 1.72. The summed E-state index contributed by atoms with van der Waals surface area (Å²) in [6, 6.07) is 17.2. The molecule has 1 amide bonds. The number of aromatic nitrogens is 3. The lowest BCUT2D eigenvalue weighted by Crippen LogP contribution is -2.11. The van der Waals surface area contributed by atoms with Gasteiger partial charge in [0.25, 0.3) is 5.91 Å². The molecule has 24 heavy (non-hydrogen) atoms. The average Bonchev–Trinajstić information content (AvgIpc) is 3.18. The molecule has 0 saturated carbocycles. The minimum absolute atomic E-state index is 0.158. The summed E-state index contributed by atoms with van der Waals surface area (Å²) in [6.45, 7) is 1.95. The Kier molecular flexibility index (Phi) is 3.59. The van der Waals surface area contributed by atoms with Crippen molar-refractivity contribution >= 4 is 33.3 Å². The maximum atomic E-state index is 12.5. The van der Waals surface area contributed by atoms with Crippen molar-refractivity contribution in [2.75, 3.05) is 5.32 Å². The molecule has 0 bridgehead atoms. The summed E-state index contributed by atoms with van der Waals surface area (Å²) in [7, 11) is 0. The van der Waals surface area contributed by atoms with E-state index in [1.165, 1.54) is 11.3 Å². The first-order valence-electron chi connectivity index (χ1n) is 7.49. The molecule has 0 aliphatic rings. The van der Waals surface area contributed by atoms with Gasteiger partial charge in [0.1, 0.15) is 10.6 Å². The van der Waals surface area contributed by atoms with E-state index in [0.29, 0.717) is 10.7 Å². The van der Waals surface area contributed by atoms with Crippen LogP contribution in [0.2, 0.25) is 0 Å². The Morgan fingerprint density at radius 3 is 2.67 bits per heavy atom. The monoisotopic (exact) mass is 334 g/mol. The summed E-state index contributed by atoms with van der Waals surface area (Å²) in [6.07, 6.45) is 1.65. The summed E-state index contributed by atoms with van der Waals surface area (Å²) in [5.74, 6) is 0.385. The molecule has 0 atom stereocenters. The van der Waals surface area contributed by atoms with Crippen molar-refractivity contribution in [1.29, 1.82) is 0 Å². The summed E-state index contributed by atoms with van der Waals surface area (Å²) in [5, 5.41) is 8.40. The predicted octanol–water partition coefficient (Wildman–Crippen LogP) is 4.04. The van der Waals surface area contributed by atoms with Crippen LogP contribution >= 0.6 is 11.3 Å². The number of amides is 1. The number of fused-ring (bicyclic) bond motifs is 1. The van der Waals surface area contributed by atoms with Crippen LogP contribution < -0.4 is 5.32 Å². The molecule has 4 aromatic rings. The van der Waals surface area contributed by atoms with Gasteiger partial charge in [-0.3, -0.25) is 4.79 Å². The van der Waals surface area contributed by atoms with Gasteiger partial charge in [0, 0.05) is 11.6 Å². The van der Waals surface area contributed by atoms with E-state index in [0.717, 1.165) is 21.6 Å². The van der Waals surface area contributed by atoms with Crippen molar-refractivity contribution in [3.05, 3.63) is 71.4 Å². The third-order valence-corrected chi connectivity index (χ3v) is 4.79. The van der Waals surface area contributed by atoms with Crippen molar-refractivity contribution in [2.24, 2.45) is 0 Å². The number of carbonyl (C=O) groups excluding carboxylic acids is 1. The summed E-state index contributed by atoms with van der Waals surface area (Å²) >= 11 is 1.43. The minimum atomic E-state index is -0.158. The zero-order chi connectivity index (χ0) is 16.5. The third-order valence-electron chi connectivity index (χ3n) is 3.68. The average molecular weight is 334 g/mol. The Morgan fingerprint density at radius 1 is 1.12 bits per heavy atom. The predicted molar refractivity (Wildman–Crippen MR) is 95.9 cm³/mol. The number of nitrogens with one attached hydrogen (secondary N) is 1. The highest BCUT2D eigenvalue weighted by atomic mass is 32.1. The van der Waals surface area contributed by atoms with Crippen LogP contribution in [-0.2, 0) is 0 Å². The molecule has 118 valence electrons. The van der Waals surface area contributed by atoms with Gasteiger partial charge >= 0.3 is 0 Å². The summed E-state index contributed by atoms with van der Waals surface area (Å²) < 4.78 is 1.88. The first kappa shape index (κ1) is 14.6. The van der Waals surface area contributed by atoms with Gasteiger partial charge in [-0.05, 0) is 37.3 Å². The normalized spacial score (nSPS) is 10.9. The minimum Gasteiger partial charge on any atom is -0.306 e. The fourth-order valence-electron chi connectivity index (χ4n) is 2.52. The molecule has 0 aliphatic carbocycles. The molecule has 1 N–H and O–H groups in total.